The summed E-state index contributed by atoms with van der Waals surface area (Å²) in [5.41, 5.74) is 3.35. The third-order valence-electron chi connectivity index (χ3n) is 3.80. The van der Waals surface area contributed by atoms with Gasteiger partial charge < -0.3 is 15.4 Å². The lowest BCUT2D eigenvalue weighted by Gasteiger charge is -2.18. The number of aliphatic imine (C=N–C) groups is 1. The van der Waals surface area contributed by atoms with Crippen LogP contribution in [0.1, 0.15) is 30.3 Å². The Kier molecular flexibility index (Phi) is 11.2. The standard InChI is InChI=1S/C16H28F3N5O.HI/c1-11(9-14-12(2)23-24(5)13(14)3)22-15(20-4)21-7-6-8-25-10-16(17,18)19;/h11H,6-10H2,1-5H3,(H2,20,21,22);1H. The highest BCUT2D eigenvalue weighted by Gasteiger charge is 2.27. The molecule has 0 fully saturated rings. The number of nitrogens with one attached hydrogen (secondary N) is 2. The van der Waals surface area contributed by atoms with Gasteiger partial charge in [0.05, 0.1) is 5.69 Å². The van der Waals surface area contributed by atoms with E-state index in [2.05, 4.69) is 25.5 Å². The van der Waals surface area contributed by atoms with E-state index in [-0.39, 0.29) is 36.6 Å². The van der Waals surface area contributed by atoms with Crippen LogP contribution in [0.15, 0.2) is 4.99 Å². The largest absolute Gasteiger partial charge is 0.411 e. The Labute approximate surface area is 170 Å². The summed E-state index contributed by atoms with van der Waals surface area (Å²) in [4.78, 5) is 4.13. The lowest BCUT2D eigenvalue weighted by molar-refractivity contribution is -0.173. The van der Waals surface area contributed by atoms with Gasteiger partial charge in [-0.2, -0.15) is 18.3 Å². The number of halogens is 4. The number of alkyl halides is 3. The molecule has 1 unspecified atom stereocenters. The Bertz CT molecular complexity index is 575. The quantitative estimate of drug-likeness (QED) is 0.254. The number of hydrogen-bond acceptors (Lipinski definition) is 3. The number of guanidine groups is 1. The molecule has 0 saturated heterocycles. The molecule has 2 N–H and O–H groups in total. The van der Waals surface area contributed by atoms with Crippen LogP contribution in [0.25, 0.3) is 0 Å². The van der Waals surface area contributed by atoms with E-state index in [1.54, 1.807) is 7.05 Å². The molecular formula is C16H29F3IN5O. The highest BCUT2D eigenvalue weighted by molar-refractivity contribution is 14.0. The zero-order valence-corrected chi connectivity index (χ0v) is 18.2. The van der Waals surface area contributed by atoms with Crippen molar-refractivity contribution in [2.45, 2.75) is 45.8 Å². The Morgan fingerprint density at radius 3 is 2.50 bits per heavy atom. The Balaban J connectivity index is 0.00000625. The summed E-state index contributed by atoms with van der Waals surface area (Å²) in [5.74, 6) is 0.613. The van der Waals surface area contributed by atoms with Crippen LogP contribution in [0, 0.1) is 13.8 Å². The van der Waals surface area contributed by atoms with E-state index in [1.807, 2.05) is 32.5 Å². The van der Waals surface area contributed by atoms with Crippen molar-refractivity contribution >= 4 is 29.9 Å². The zero-order valence-electron chi connectivity index (χ0n) is 15.9. The average Bonchev–Trinajstić information content (AvgIpc) is 2.74. The molecule has 152 valence electrons. The van der Waals surface area contributed by atoms with Gasteiger partial charge in [-0.05, 0) is 39.2 Å². The first kappa shape index (κ1) is 25.0. The van der Waals surface area contributed by atoms with Gasteiger partial charge in [0, 0.05) is 39.0 Å². The minimum absolute atomic E-state index is 0. The van der Waals surface area contributed by atoms with Gasteiger partial charge >= 0.3 is 6.18 Å². The summed E-state index contributed by atoms with van der Waals surface area (Å²) in [5, 5.41) is 10.8. The van der Waals surface area contributed by atoms with Crippen molar-refractivity contribution in [3.8, 4) is 0 Å². The van der Waals surface area contributed by atoms with Crippen molar-refractivity contribution in [3.05, 3.63) is 17.0 Å². The summed E-state index contributed by atoms with van der Waals surface area (Å²) < 4.78 is 42.3. The first-order chi connectivity index (χ1) is 11.6. The minimum Gasteiger partial charge on any atom is -0.372 e. The monoisotopic (exact) mass is 491 g/mol. The normalized spacial score (nSPS) is 13.3. The molecule has 0 aliphatic rings. The second-order valence-electron chi connectivity index (χ2n) is 6.04. The van der Waals surface area contributed by atoms with Crippen LogP contribution in [-0.4, -0.2) is 54.8 Å². The molecule has 6 nitrogen and oxygen atoms in total. The summed E-state index contributed by atoms with van der Waals surface area (Å²) in [7, 11) is 3.58. The van der Waals surface area contributed by atoms with Crippen LogP contribution in [0.5, 0.6) is 0 Å². The fourth-order valence-corrected chi connectivity index (χ4v) is 2.47. The number of rotatable bonds is 8. The lowest BCUT2D eigenvalue weighted by Crippen LogP contribution is -2.43. The van der Waals surface area contributed by atoms with E-state index in [4.69, 9.17) is 0 Å². The molecule has 10 heteroatoms. The highest BCUT2D eigenvalue weighted by Crippen LogP contribution is 2.15. The molecule has 1 rings (SSSR count). The molecule has 0 aliphatic heterocycles. The maximum absolute atomic E-state index is 12.0. The van der Waals surface area contributed by atoms with Crippen LogP contribution < -0.4 is 10.6 Å². The van der Waals surface area contributed by atoms with Gasteiger partial charge in [0.25, 0.3) is 0 Å². The third kappa shape index (κ3) is 9.06. The Hall–Kier alpha value is -1.04. The van der Waals surface area contributed by atoms with Gasteiger partial charge in [0.15, 0.2) is 5.96 Å². The number of hydrogen-bond donors (Lipinski definition) is 2. The number of aryl methyl sites for hydroxylation is 2. The van der Waals surface area contributed by atoms with Crippen molar-refractivity contribution in [2.75, 3.05) is 26.8 Å². The highest BCUT2D eigenvalue weighted by atomic mass is 127. The van der Waals surface area contributed by atoms with Crippen LogP contribution >= 0.6 is 24.0 Å². The molecule has 0 bridgehead atoms. The predicted molar refractivity (Wildman–Crippen MR) is 107 cm³/mol. The van der Waals surface area contributed by atoms with Gasteiger partial charge in [0.1, 0.15) is 6.61 Å². The second-order valence-corrected chi connectivity index (χ2v) is 6.04. The number of nitrogens with zero attached hydrogens (tertiary/aromatic N) is 3. The van der Waals surface area contributed by atoms with E-state index in [0.717, 1.165) is 17.8 Å². The molecular weight excluding hydrogens is 462 g/mol. The first-order valence-electron chi connectivity index (χ1n) is 8.24. The summed E-state index contributed by atoms with van der Waals surface area (Å²) in [6.07, 6.45) is -3.00. The topological polar surface area (TPSA) is 63.5 Å². The van der Waals surface area contributed by atoms with Crippen molar-refractivity contribution in [1.82, 2.24) is 20.4 Å². The van der Waals surface area contributed by atoms with E-state index in [0.29, 0.717) is 18.9 Å². The predicted octanol–water partition coefficient (Wildman–Crippen LogP) is 2.72. The minimum atomic E-state index is -4.27. The van der Waals surface area contributed by atoms with Gasteiger partial charge in [-0.15, -0.1) is 24.0 Å². The van der Waals surface area contributed by atoms with Crippen LogP contribution in [0.4, 0.5) is 13.2 Å². The summed E-state index contributed by atoms with van der Waals surface area (Å²) >= 11 is 0. The molecule has 26 heavy (non-hydrogen) atoms. The smallest absolute Gasteiger partial charge is 0.372 e. The molecule has 1 aromatic heterocycles. The molecule has 1 heterocycles. The second kappa shape index (κ2) is 11.6. The summed E-state index contributed by atoms with van der Waals surface area (Å²) in [6, 6.07) is 0.134. The average molecular weight is 491 g/mol. The maximum atomic E-state index is 12.0. The molecule has 0 radical (unpaired) electrons. The fourth-order valence-electron chi connectivity index (χ4n) is 2.47. The third-order valence-corrected chi connectivity index (χ3v) is 3.80. The van der Waals surface area contributed by atoms with Gasteiger partial charge in [-0.25, -0.2) is 0 Å². The van der Waals surface area contributed by atoms with E-state index < -0.39 is 12.8 Å². The van der Waals surface area contributed by atoms with Crippen molar-refractivity contribution in [2.24, 2.45) is 12.0 Å². The van der Waals surface area contributed by atoms with Gasteiger partial charge in [0.2, 0.25) is 0 Å². The Morgan fingerprint density at radius 2 is 2.00 bits per heavy atom. The molecule has 0 spiro atoms. The van der Waals surface area contributed by atoms with Crippen LogP contribution in [0.3, 0.4) is 0 Å². The van der Waals surface area contributed by atoms with Crippen molar-refractivity contribution in [1.29, 1.82) is 0 Å². The molecule has 0 aliphatic carbocycles. The first-order valence-corrected chi connectivity index (χ1v) is 8.24. The molecule has 0 saturated carbocycles. The number of aromatic nitrogens is 2. The van der Waals surface area contributed by atoms with Crippen LogP contribution in [-0.2, 0) is 18.2 Å². The summed E-state index contributed by atoms with van der Waals surface area (Å²) in [6.45, 7) is 5.40. The molecule has 1 aromatic rings. The SMILES string of the molecule is CN=C(NCCCOCC(F)(F)F)NC(C)Cc1c(C)nn(C)c1C.I. The maximum Gasteiger partial charge on any atom is 0.411 e. The van der Waals surface area contributed by atoms with E-state index in [1.165, 1.54) is 5.56 Å². The zero-order chi connectivity index (χ0) is 19.0. The molecule has 1 atom stereocenters. The number of ether oxygens (including phenoxy) is 1. The lowest BCUT2D eigenvalue weighted by atomic mass is 10.1. The van der Waals surface area contributed by atoms with Crippen LogP contribution in [0.2, 0.25) is 0 Å². The van der Waals surface area contributed by atoms with Gasteiger partial charge in [-0.1, -0.05) is 0 Å². The van der Waals surface area contributed by atoms with E-state index in [9.17, 15) is 13.2 Å². The fraction of sp³-hybridized carbons (Fsp3) is 0.750. The van der Waals surface area contributed by atoms with Crippen molar-refractivity contribution < 1.29 is 17.9 Å². The molecule has 0 aromatic carbocycles. The van der Waals surface area contributed by atoms with Crippen molar-refractivity contribution in [3.63, 3.8) is 0 Å². The Morgan fingerprint density at radius 1 is 1.35 bits per heavy atom. The molecule has 0 amide bonds. The van der Waals surface area contributed by atoms with E-state index >= 15 is 0 Å². The van der Waals surface area contributed by atoms with Gasteiger partial charge in [-0.3, -0.25) is 9.67 Å².